The van der Waals surface area contributed by atoms with Crippen LogP contribution in [-0.2, 0) is 0 Å². The molecule has 2 rings (SSSR count). The number of hydrogen-bond donors (Lipinski definition) is 0. The first kappa shape index (κ1) is 11.3. The Labute approximate surface area is 101 Å². The van der Waals surface area contributed by atoms with E-state index < -0.39 is 0 Å². The van der Waals surface area contributed by atoms with Crippen molar-refractivity contribution in [3.63, 3.8) is 0 Å². The highest BCUT2D eigenvalue weighted by Gasteiger charge is 2.26. The molecular weight excluding hydrogens is 216 g/mol. The maximum atomic E-state index is 9.11. The van der Waals surface area contributed by atoms with Crippen molar-refractivity contribution in [1.82, 2.24) is 0 Å². The van der Waals surface area contributed by atoms with E-state index in [1.165, 1.54) is 16.1 Å². The molecule has 16 heavy (non-hydrogen) atoms. The number of hydrogen-bond acceptors (Lipinski definition) is 3. The van der Waals surface area contributed by atoms with E-state index in [0.717, 1.165) is 5.75 Å². The van der Waals surface area contributed by atoms with Crippen molar-refractivity contribution in [3.8, 4) is 6.07 Å². The predicted octanol–water partition coefficient (Wildman–Crippen LogP) is 3.24. The van der Waals surface area contributed by atoms with Gasteiger partial charge in [0.15, 0.2) is 0 Å². The molecule has 0 spiro atoms. The third-order valence-electron chi connectivity index (χ3n) is 3.02. The number of para-hydroxylation sites is 1. The van der Waals surface area contributed by atoms with Crippen LogP contribution in [0.5, 0.6) is 0 Å². The maximum absolute atomic E-state index is 9.11. The van der Waals surface area contributed by atoms with Gasteiger partial charge in [0.25, 0.3) is 0 Å². The molecule has 1 aromatic rings. The molecule has 1 aliphatic heterocycles. The van der Waals surface area contributed by atoms with Crippen LogP contribution < -0.4 is 4.90 Å². The van der Waals surface area contributed by atoms with Crippen LogP contribution in [0.2, 0.25) is 0 Å². The summed E-state index contributed by atoms with van der Waals surface area (Å²) in [6, 6.07) is 8.79. The standard InChI is InChI=1S/C13H16N2S/c1-9(2)11-5-4-6-12-13(11)15(3)10(7-14)8-16-12/h4-6,9-10H,8H2,1-3H3. The lowest BCUT2D eigenvalue weighted by Gasteiger charge is -2.34. The summed E-state index contributed by atoms with van der Waals surface area (Å²) in [7, 11) is 2.03. The van der Waals surface area contributed by atoms with Gasteiger partial charge in [-0.3, -0.25) is 0 Å². The third-order valence-corrected chi connectivity index (χ3v) is 4.14. The van der Waals surface area contributed by atoms with E-state index in [4.69, 9.17) is 5.26 Å². The van der Waals surface area contributed by atoms with Crippen LogP contribution in [0.3, 0.4) is 0 Å². The Morgan fingerprint density at radius 1 is 1.50 bits per heavy atom. The van der Waals surface area contributed by atoms with Gasteiger partial charge in [0.05, 0.1) is 11.8 Å². The summed E-state index contributed by atoms with van der Waals surface area (Å²) < 4.78 is 0. The van der Waals surface area contributed by atoms with Crippen LogP contribution in [0.15, 0.2) is 23.1 Å². The Hall–Kier alpha value is -1.14. The molecule has 1 aliphatic rings. The van der Waals surface area contributed by atoms with Crippen LogP contribution in [0, 0.1) is 11.3 Å². The largest absolute Gasteiger partial charge is 0.357 e. The second-order valence-corrected chi connectivity index (χ2v) is 5.48. The molecule has 84 valence electrons. The highest BCUT2D eigenvalue weighted by molar-refractivity contribution is 7.99. The Balaban J connectivity index is 2.52. The van der Waals surface area contributed by atoms with Crippen molar-refractivity contribution in [1.29, 1.82) is 5.26 Å². The average Bonchev–Trinajstić information content (AvgIpc) is 2.29. The normalized spacial score (nSPS) is 19.4. The summed E-state index contributed by atoms with van der Waals surface area (Å²) in [5, 5.41) is 9.11. The van der Waals surface area contributed by atoms with Gasteiger partial charge in [0.1, 0.15) is 6.04 Å². The molecular formula is C13H16N2S. The van der Waals surface area contributed by atoms with Crippen molar-refractivity contribution in [2.75, 3.05) is 17.7 Å². The fourth-order valence-corrected chi connectivity index (χ4v) is 3.27. The average molecular weight is 232 g/mol. The van der Waals surface area contributed by atoms with Crippen LogP contribution >= 0.6 is 11.8 Å². The van der Waals surface area contributed by atoms with Crippen LogP contribution in [0.25, 0.3) is 0 Å². The highest BCUT2D eigenvalue weighted by Crippen LogP contribution is 2.41. The molecule has 1 unspecified atom stereocenters. The molecule has 1 heterocycles. The van der Waals surface area contributed by atoms with E-state index in [0.29, 0.717) is 5.92 Å². The number of thioether (sulfide) groups is 1. The zero-order chi connectivity index (χ0) is 11.7. The van der Waals surface area contributed by atoms with E-state index in [1.54, 1.807) is 11.8 Å². The second kappa shape index (κ2) is 4.39. The van der Waals surface area contributed by atoms with Gasteiger partial charge in [-0.2, -0.15) is 5.26 Å². The molecule has 1 aromatic carbocycles. The van der Waals surface area contributed by atoms with Crippen LogP contribution in [0.1, 0.15) is 25.3 Å². The minimum atomic E-state index is -0.00241. The zero-order valence-corrected chi connectivity index (χ0v) is 10.7. The lowest BCUT2D eigenvalue weighted by atomic mass is 10.00. The Morgan fingerprint density at radius 3 is 2.88 bits per heavy atom. The molecule has 0 amide bonds. The molecule has 0 aromatic heterocycles. The first-order valence-corrected chi connectivity index (χ1v) is 6.52. The van der Waals surface area contributed by atoms with Crippen molar-refractivity contribution in [3.05, 3.63) is 23.8 Å². The number of benzene rings is 1. The summed E-state index contributed by atoms with van der Waals surface area (Å²) in [6.07, 6.45) is 0. The molecule has 0 N–H and O–H groups in total. The molecule has 3 heteroatoms. The molecule has 0 aliphatic carbocycles. The summed E-state index contributed by atoms with van der Waals surface area (Å²) in [6.45, 7) is 4.40. The molecule has 0 radical (unpaired) electrons. The molecule has 0 saturated carbocycles. The molecule has 2 nitrogen and oxygen atoms in total. The van der Waals surface area contributed by atoms with Crippen molar-refractivity contribution >= 4 is 17.4 Å². The van der Waals surface area contributed by atoms with Gasteiger partial charge in [-0.1, -0.05) is 26.0 Å². The minimum Gasteiger partial charge on any atom is -0.357 e. The fourth-order valence-electron chi connectivity index (χ4n) is 2.06. The Kier molecular flexibility index (Phi) is 3.11. The van der Waals surface area contributed by atoms with E-state index >= 15 is 0 Å². The van der Waals surface area contributed by atoms with Crippen molar-refractivity contribution in [2.45, 2.75) is 30.7 Å². The van der Waals surface area contributed by atoms with Crippen LogP contribution in [0.4, 0.5) is 5.69 Å². The topological polar surface area (TPSA) is 27.0 Å². The third kappa shape index (κ3) is 1.78. The first-order valence-electron chi connectivity index (χ1n) is 5.53. The number of fused-ring (bicyclic) bond motifs is 1. The van der Waals surface area contributed by atoms with Crippen LogP contribution in [-0.4, -0.2) is 18.8 Å². The molecule has 0 bridgehead atoms. The van der Waals surface area contributed by atoms with Gasteiger partial charge in [-0.15, -0.1) is 11.8 Å². The lowest BCUT2D eigenvalue weighted by molar-refractivity contribution is 0.787. The fraction of sp³-hybridized carbons (Fsp3) is 0.462. The zero-order valence-electron chi connectivity index (χ0n) is 9.90. The van der Waals surface area contributed by atoms with E-state index in [2.05, 4.69) is 43.0 Å². The number of rotatable bonds is 1. The van der Waals surface area contributed by atoms with Crippen molar-refractivity contribution < 1.29 is 0 Å². The van der Waals surface area contributed by atoms with E-state index in [-0.39, 0.29) is 6.04 Å². The number of nitriles is 1. The Bertz CT molecular complexity index is 434. The van der Waals surface area contributed by atoms with E-state index in [1.807, 2.05) is 7.05 Å². The van der Waals surface area contributed by atoms with Gasteiger partial charge in [-0.25, -0.2) is 0 Å². The summed E-state index contributed by atoms with van der Waals surface area (Å²) in [5.41, 5.74) is 2.59. The second-order valence-electron chi connectivity index (χ2n) is 4.42. The minimum absolute atomic E-state index is 0.00241. The van der Waals surface area contributed by atoms with Crippen molar-refractivity contribution in [2.24, 2.45) is 0 Å². The maximum Gasteiger partial charge on any atom is 0.126 e. The molecule has 1 atom stereocenters. The monoisotopic (exact) mass is 232 g/mol. The molecule has 0 saturated heterocycles. The molecule has 0 fully saturated rings. The number of nitrogens with zero attached hydrogens (tertiary/aromatic N) is 2. The van der Waals surface area contributed by atoms with Gasteiger partial charge in [0, 0.05) is 17.7 Å². The van der Waals surface area contributed by atoms with Gasteiger partial charge in [0.2, 0.25) is 0 Å². The Morgan fingerprint density at radius 2 is 2.25 bits per heavy atom. The SMILES string of the molecule is CC(C)c1cccc2c1N(C)C(C#N)CS2. The summed E-state index contributed by atoms with van der Waals surface area (Å²) in [5.74, 6) is 1.36. The van der Waals surface area contributed by atoms with E-state index in [9.17, 15) is 0 Å². The quantitative estimate of drug-likeness (QED) is 0.743. The smallest absolute Gasteiger partial charge is 0.126 e. The first-order chi connectivity index (χ1) is 7.65. The number of anilines is 1. The summed E-state index contributed by atoms with van der Waals surface area (Å²) >= 11 is 1.79. The predicted molar refractivity (Wildman–Crippen MR) is 69.1 cm³/mol. The lowest BCUT2D eigenvalue weighted by Crippen LogP contribution is -2.36. The van der Waals surface area contributed by atoms with Gasteiger partial charge >= 0.3 is 0 Å². The van der Waals surface area contributed by atoms with Gasteiger partial charge < -0.3 is 4.90 Å². The van der Waals surface area contributed by atoms with Gasteiger partial charge in [-0.05, 0) is 17.5 Å². The highest BCUT2D eigenvalue weighted by atomic mass is 32.2. The summed E-state index contributed by atoms with van der Waals surface area (Å²) in [4.78, 5) is 3.43.